The van der Waals surface area contributed by atoms with Gasteiger partial charge >= 0.3 is 0 Å². The van der Waals surface area contributed by atoms with E-state index in [9.17, 15) is 13.2 Å². The molecular weight excluding hydrogens is 306 g/mol. The molecule has 1 saturated heterocycles. The molecule has 0 atom stereocenters. The van der Waals surface area contributed by atoms with Gasteiger partial charge in [0.05, 0.1) is 0 Å². The van der Waals surface area contributed by atoms with Crippen LogP contribution in [0.5, 0.6) is 0 Å². The summed E-state index contributed by atoms with van der Waals surface area (Å²) in [5.41, 5.74) is 0.374. The van der Waals surface area contributed by atoms with Gasteiger partial charge in [0.15, 0.2) is 5.76 Å². The first-order valence-corrected chi connectivity index (χ1v) is 9.02. The Morgan fingerprint density at radius 3 is 2.36 bits per heavy atom. The summed E-state index contributed by atoms with van der Waals surface area (Å²) in [6.07, 6.45) is 2.38. The van der Waals surface area contributed by atoms with Crippen molar-refractivity contribution in [2.45, 2.75) is 44.9 Å². The molecule has 1 fully saturated rings. The molecule has 7 nitrogen and oxygen atoms in total. The quantitative estimate of drug-likeness (QED) is 0.813. The van der Waals surface area contributed by atoms with Crippen LogP contribution in [0.1, 0.15) is 37.6 Å². The van der Waals surface area contributed by atoms with Gasteiger partial charge < -0.3 is 9.42 Å². The fraction of sp³-hybridized carbons (Fsp3) is 0.714. The summed E-state index contributed by atoms with van der Waals surface area (Å²) in [6, 6.07) is 0. The molecule has 2 rings (SSSR count). The molecule has 1 aliphatic heterocycles. The van der Waals surface area contributed by atoms with Crippen LogP contribution in [0.3, 0.4) is 0 Å². The van der Waals surface area contributed by atoms with Crippen LogP contribution in [0.4, 0.5) is 0 Å². The number of hydrogen-bond acceptors (Lipinski definition) is 5. The second kappa shape index (κ2) is 6.78. The smallest absolute Gasteiger partial charge is 0.248 e. The Labute approximate surface area is 131 Å². The van der Waals surface area contributed by atoms with Crippen molar-refractivity contribution in [3.05, 3.63) is 11.5 Å². The average molecular weight is 329 g/mol. The molecule has 1 aromatic heterocycles. The lowest BCUT2D eigenvalue weighted by molar-refractivity contribution is -0.132. The van der Waals surface area contributed by atoms with E-state index in [1.807, 2.05) is 6.92 Å². The lowest BCUT2D eigenvalue weighted by atomic mass is 10.2. The molecule has 0 spiro atoms. The van der Waals surface area contributed by atoms with Crippen molar-refractivity contribution in [1.82, 2.24) is 14.4 Å². The number of aryl methyl sites for hydroxylation is 2. The van der Waals surface area contributed by atoms with Crippen LogP contribution in [0.25, 0.3) is 0 Å². The molecule has 0 saturated carbocycles. The molecule has 1 amide bonds. The number of nitrogens with zero attached hydrogens (tertiary/aromatic N) is 3. The Balaban J connectivity index is 2.04. The van der Waals surface area contributed by atoms with Gasteiger partial charge in [-0.05, 0) is 20.3 Å². The maximum atomic E-state index is 12.7. The van der Waals surface area contributed by atoms with Crippen molar-refractivity contribution >= 4 is 15.9 Å². The maximum absolute atomic E-state index is 12.7. The van der Waals surface area contributed by atoms with Gasteiger partial charge in [-0.15, -0.1) is 0 Å². The van der Waals surface area contributed by atoms with E-state index in [1.165, 1.54) is 4.31 Å². The molecule has 1 aromatic rings. The van der Waals surface area contributed by atoms with Gasteiger partial charge in [-0.1, -0.05) is 18.5 Å². The normalized spacial score (nSPS) is 17.0. The van der Waals surface area contributed by atoms with Gasteiger partial charge in [-0.2, -0.15) is 4.31 Å². The Morgan fingerprint density at radius 1 is 1.23 bits per heavy atom. The molecule has 0 unspecified atom stereocenters. The Bertz CT molecular complexity index is 611. The van der Waals surface area contributed by atoms with Gasteiger partial charge in [0, 0.05) is 32.6 Å². The minimum absolute atomic E-state index is 0.108. The van der Waals surface area contributed by atoms with Crippen LogP contribution in [0.2, 0.25) is 0 Å². The molecule has 8 heteroatoms. The van der Waals surface area contributed by atoms with Crippen molar-refractivity contribution in [2.75, 3.05) is 26.2 Å². The third-order valence-corrected chi connectivity index (χ3v) is 6.05. The number of carbonyl (C=O) groups excluding carboxylic acids is 1. The highest BCUT2D eigenvalue weighted by Crippen LogP contribution is 2.24. The fourth-order valence-electron chi connectivity index (χ4n) is 2.64. The second-order valence-corrected chi connectivity index (χ2v) is 7.42. The molecule has 1 aliphatic rings. The summed E-state index contributed by atoms with van der Waals surface area (Å²) in [7, 11) is -3.61. The van der Waals surface area contributed by atoms with Crippen LogP contribution in [0, 0.1) is 13.8 Å². The predicted molar refractivity (Wildman–Crippen MR) is 80.8 cm³/mol. The minimum Gasteiger partial charge on any atom is -0.360 e. The summed E-state index contributed by atoms with van der Waals surface area (Å²) in [6.45, 7) is 6.75. The standard InChI is InChI=1S/C14H23N3O4S/c1-4-5-6-13(18)16-7-9-17(10-8-16)22(19,20)14-11(2)15-21-12(14)3/h4-10H2,1-3H3. The first kappa shape index (κ1) is 17.0. The number of carbonyl (C=O) groups is 1. The SMILES string of the molecule is CCCCC(=O)N1CCN(S(=O)(=O)c2c(C)noc2C)CC1. The number of piperazine rings is 1. The van der Waals surface area contributed by atoms with E-state index in [2.05, 4.69) is 5.16 Å². The minimum atomic E-state index is -3.61. The monoisotopic (exact) mass is 329 g/mol. The highest BCUT2D eigenvalue weighted by atomic mass is 32.2. The molecule has 0 aromatic carbocycles. The van der Waals surface area contributed by atoms with E-state index in [1.54, 1.807) is 18.7 Å². The lowest BCUT2D eigenvalue weighted by Crippen LogP contribution is -2.50. The van der Waals surface area contributed by atoms with E-state index in [0.717, 1.165) is 12.8 Å². The number of unbranched alkanes of at least 4 members (excludes halogenated alkanes) is 1. The van der Waals surface area contributed by atoms with Gasteiger partial charge in [-0.3, -0.25) is 4.79 Å². The van der Waals surface area contributed by atoms with Crippen molar-refractivity contribution < 1.29 is 17.7 Å². The molecular formula is C14H23N3O4S. The molecule has 22 heavy (non-hydrogen) atoms. The molecule has 0 bridgehead atoms. The zero-order valence-corrected chi connectivity index (χ0v) is 14.1. The molecule has 0 N–H and O–H groups in total. The van der Waals surface area contributed by atoms with E-state index < -0.39 is 10.0 Å². The molecule has 0 radical (unpaired) electrons. The number of hydrogen-bond donors (Lipinski definition) is 0. The summed E-state index contributed by atoms with van der Waals surface area (Å²) >= 11 is 0. The Morgan fingerprint density at radius 2 is 1.86 bits per heavy atom. The first-order valence-electron chi connectivity index (χ1n) is 7.58. The topological polar surface area (TPSA) is 83.7 Å². The van der Waals surface area contributed by atoms with Crippen molar-refractivity contribution in [3.8, 4) is 0 Å². The van der Waals surface area contributed by atoms with E-state index in [-0.39, 0.29) is 10.8 Å². The lowest BCUT2D eigenvalue weighted by Gasteiger charge is -2.34. The Kier molecular flexibility index (Phi) is 5.23. The van der Waals surface area contributed by atoms with Crippen molar-refractivity contribution in [3.63, 3.8) is 0 Å². The number of sulfonamides is 1. The van der Waals surface area contributed by atoms with Gasteiger partial charge in [0.25, 0.3) is 0 Å². The largest absolute Gasteiger partial charge is 0.360 e. The summed E-state index contributed by atoms with van der Waals surface area (Å²) in [5.74, 6) is 0.412. The second-order valence-electron chi connectivity index (χ2n) is 5.54. The predicted octanol–water partition coefficient (Wildman–Crippen LogP) is 1.31. The van der Waals surface area contributed by atoms with Gasteiger partial charge in [-0.25, -0.2) is 8.42 Å². The average Bonchev–Trinajstić information content (AvgIpc) is 2.84. The number of rotatable bonds is 5. The van der Waals surface area contributed by atoms with Crippen LogP contribution >= 0.6 is 0 Å². The maximum Gasteiger partial charge on any atom is 0.248 e. The zero-order valence-electron chi connectivity index (χ0n) is 13.3. The van der Waals surface area contributed by atoms with Crippen molar-refractivity contribution in [2.24, 2.45) is 0 Å². The summed E-state index contributed by atoms with van der Waals surface area (Å²) in [4.78, 5) is 13.9. The highest BCUT2D eigenvalue weighted by molar-refractivity contribution is 7.89. The fourth-order valence-corrected chi connectivity index (χ4v) is 4.35. The van der Waals surface area contributed by atoms with E-state index in [4.69, 9.17) is 4.52 Å². The van der Waals surface area contributed by atoms with Crippen molar-refractivity contribution in [1.29, 1.82) is 0 Å². The van der Waals surface area contributed by atoms with Gasteiger partial charge in [0.1, 0.15) is 10.6 Å². The third-order valence-electron chi connectivity index (χ3n) is 3.90. The number of aromatic nitrogens is 1. The molecule has 2 heterocycles. The van der Waals surface area contributed by atoms with Crippen LogP contribution in [-0.4, -0.2) is 54.9 Å². The number of amides is 1. The molecule has 0 aliphatic carbocycles. The van der Waals surface area contributed by atoms with Crippen LogP contribution in [-0.2, 0) is 14.8 Å². The summed E-state index contributed by atoms with van der Waals surface area (Å²) in [5, 5.41) is 3.71. The van der Waals surface area contributed by atoms with Crippen LogP contribution in [0.15, 0.2) is 9.42 Å². The highest BCUT2D eigenvalue weighted by Gasteiger charge is 2.33. The zero-order chi connectivity index (χ0) is 16.3. The molecule has 124 valence electrons. The first-order chi connectivity index (χ1) is 10.4. The summed E-state index contributed by atoms with van der Waals surface area (Å²) < 4.78 is 31.7. The third kappa shape index (κ3) is 3.33. The van der Waals surface area contributed by atoms with Crippen LogP contribution < -0.4 is 0 Å². The van der Waals surface area contributed by atoms with Gasteiger partial charge in [0.2, 0.25) is 15.9 Å². The Hall–Kier alpha value is -1.41. The van der Waals surface area contributed by atoms with E-state index >= 15 is 0 Å². The van der Waals surface area contributed by atoms with E-state index in [0.29, 0.717) is 44.1 Å².